The van der Waals surface area contributed by atoms with Gasteiger partial charge in [-0.25, -0.2) is 19.9 Å². The maximum Gasteiger partial charge on any atom is 0.165 e. The number of nitrogens with zero attached hydrogens (tertiary/aromatic N) is 6. The first kappa shape index (κ1) is 32.5. The van der Waals surface area contributed by atoms with E-state index in [9.17, 15) is 0 Å². The second-order valence-electron chi connectivity index (χ2n) is 12.8. The highest BCUT2D eigenvalue weighted by Crippen LogP contribution is 2.36. The Hall–Kier alpha value is -7.44. The molecule has 9 aromatic rings. The lowest BCUT2D eigenvalue weighted by Crippen LogP contribution is -2.00. The fourth-order valence-corrected chi connectivity index (χ4v) is 6.48. The predicted octanol–water partition coefficient (Wildman–Crippen LogP) is 11.4. The van der Waals surface area contributed by atoms with Crippen molar-refractivity contribution in [2.45, 2.75) is 0 Å². The summed E-state index contributed by atoms with van der Waals surface area (Å²) in [6.07, 6.45) is 3.61. The van der Waals surface area contributed by atoms with Crippen molar-refractivity contribution in [2.24, 2.45) is 0 Å². The van der Waals surface area contributed by atoms with Crippen LogP contribution < -0.4 is 0 Å². The van der Waals surface area contributed by atoms with Crippen LogP contribution in [0, 0.1) is 0 Å². The first-order valence-corrected chi connectivity index (χ1v) is 17.8. The Morgan fingerprint density at radius 2 is 0.648 bits per heavy atom. The van der Waals surface area contributed by atoms with E-state index in [0.717, 1.165) is 72.8 Å². The zero-order chi connectivity index (χ0) is 36.1. The van der Waals surface area contributed by atoms with E-state index in [2.05, 4.69) is 83.8 Å². The molecule has 0 amide bonds. The van der Waals surface area contributed by atoms with E-state index in [0.29, 0.717) is 17.5 Å². The fourth-order valence-electron chi connectivity index (χ4n) is 6.48. The summed E-state index contributed by atoms with van der Waals surface area (Å²) in [4.78, 5) is 29.3. The molecule has 54 heavy (non-hydrogen) atoms. The molecule has 0 N–H and O–H groups in total. The summed E-state index contributed by atoms with van der Waals surface area (Å²) < 4.78 is 0. The van der Waals surface area contributed by atoms with E-state index in [1.807, 2.05) is 109 Å². The van der Waals surface area contributed by atoms with Crippen LogP contribution in [0.3, 0.4) is 0 Å². The SMILES string of the molecule is c1ccc(-c2cc(-c3ccccc3)cc(-c3cc(-c4ccccn4)nc(-c4ccc(-c5nc(-c6ccccc6)nc(-c6ccccc6)n5)cn4)c3)c2)cc1. The largest absolute Gasteiger partial charge is 0.255 e. The quantitative estimate of drug-likeness (QED) is 0.158. The standard InChI is InChI=1S/C48H32N6/c1-5-15-33(16-6-1)38-27-39(34-17-7-2-8-18-34)29-40(28-38)41-30-44(42-23-13-14-26-49-42)51-45(31-41)43-25-24-37(32-50-43)48-53-46(35-19-9-3-10-20-35)52-47(54-48)36-21-11-4-12-22-36/h1-32H. The van der Waals surface area contributed by atoms with Gasteiger partial charge in [0.25, 0.3) is 0 Å². The van der Waals surface area contributed by atoms with Crippen LogP contribution in [0.1, 0.15) is 0 Å². The summed E-state index contributed by atoms with van der Waals surface area (Å²) >= 11 is 0. The summed E-state index contributed by atoms with van der Waals surface area (Å²) in [6.45, 7) is 0. The maximum atomic E-state index is 5.10. The van der Waals surface area contributed by atoms with Crippen molar-refractivity contribution in [3.8, 4) is 90.3 Å². The van der Waals surface area contributed by atoms with Gasteiger partial charge in [-0.1, -0.05) is 127 Å². The third-order valence-electron chi connectivity index (χ3n) is 9.22. The van der Waals surface area contributed by atoms with Crippen molar-refractivity contribution in [2.75, 3.05) is 0 Å². The number of rotatable bonds is 8. The molecule has 0 saturated heterocycles. The number of pyridine rings is 3. The Morgan fingerprint density at radius 3 is 1.09 bits per heavy atom. The minimum atomic E-state index is 0.545. The van der Waals surface area contributed by atoms with E-state index in [1.165, 1.54) is 0 Å². The molecule has 0 aliphatic rings. The molecule has 0 fully saturated rings. The van der Waals surface area contributed by atoms with Crippen molar-refractivity contribution in [1.29, 1.82) is 0 Å². The van der Waals surface area contributed by atoms with Crippen LogP contribution in [0.15, 0.2) is 194 Å². The van der Waals surface area contributed by atoms with Crippen LogP contribution in [0.25, 0.3) is 90.3 Å². The molecule has 0 spiro atoms. The van der Waals surface area contributed by atoms with Gasteiger partial charge in [0, 0.05) is 29.1 Å². The minimum Gasteiger partial charge on any atom is -0.255 e. The van der Waals surface area contributed by atoms with Crippen LogP contribution in [0.4, 0.5) is 0 Å². The molecule has 0 bridgehead atoms. The minimum absolute atomic E-state index is 0.545. The topological polar surface area (TPSA) is 77.3 Å². The van der Waals surface area contributed by atoms with Crippen LogP contribution >= 0.6 is 0 Å². The third-order valence-corrected chi connectivity index (χ3v) is 9.22. The van der Waals surface area contributed by atoms with Crippen LogP contribution in [0.5, 0.6) is 0 Å². The Kier molecular flexibility index (Phi) is 8.81. The highest BCUT2D eigenvalue weighted by atomic mass is 15.0. The summed E-state index contributed by atoms with van der Waals surface area (Å²) in [7, 11) is 0. The molecule has 0 aliphatic carbocycles. The van der Waals surface area contributed by atoms with Gasteiger partial charge in [0.2, 0.25) is 0 Å². The summed E-state index contributed by atoms with van der Waals surface area (Å²) in [6, 6.07) is 61.7. The Balaban J connectivity index is 1.16. The molecule has 254 valence electrons. The van der Waals surface area contributed by atoms with Crippen molar-refractivity contribution in [1.82, 2.24) is 29.9 Å². The Morgan fingerprint density at radius 1 is 0.241 bits per heavy atom. The van der Waals surface area contributed by atoms with Gasteiger partial charge in [0.05, 0.1) is 22.8 Å². The molecule has 0 aliphatic heterocycles. The molecular weight excluding hydrogens is 661 g/mol. The molecule has 9 rings (SSSR count). The average molecular weight is 693 g/mol. The van der Waals surface area contributed by atoms with Gasteiger partial charge in [0.1, 0.15) is 0 Å². The number of hydrogen-bond donors (Lipinski definition) is 0. The number of hydrogen-bond acceptors (Lipinski definition) is 6. The van der Waals surface area contributed by atoms with Crippen molar-refractivity contribution < 1.29 is 0 Å². The molecule has 0 saturated carbocycles. The van der Waals surface area contributed by atoms with Crippen LogP contribution in [-0.2, 0) is 0 Å². The molecule has 0 unspecified atom stereocenters. The van der Waals surface area contributed by atoms with E-state index in [1.54, 1.807) is 6.20 Å². The Bertz CT molecular complexity index is 2550. The summed E-state index contributed by atoms with van der Waals surface area (Å²) in [5.41, 5.74) is 12.3. The van der Waals surface area contributed by atoms with E-state index < -0.39 is 0 Å². The summed E-state index contributed by atoms with van der Waals surface area (Å²) in [5.74, 6) is 1.75. The second-order valence-corrected chi connectivity index (χ2v) is 12.8. The van der Waals surface area contributed by atoms with E-state index >= 15 is 0 Å². The lowest BCUT2D eigenvalue weighted by molar-refractivity contribution is 1.07. The second kappa shape index (κ2) is 14.7. The van der Waals surface area contributed by atoms with Gasteiger partial charge in [-0.2, -0.15) is 0 Å². The molecule has 4 heterocycles. The van der Waals surface area contributed by atoms with E-state index in [4.69, 9.17) is 24.9 Å². The zero-order valence-corrected chi connectivity index (χ0v) is 29.2. The highest BCUT2D eigenvalue weighted by molar-refractivity contribution is 5.83. The summed E-state index contributed by atoms with van der Waals surface area (Å²) in [5, 5.41) is 0. The van der Waals surface area contributed by atoms with Crippen LogP contribution in [0.2, 0.25) is 0 Å². The lowest BCUT2D eigenvalue weighted by atomic mass is 9.93. The molecule has 0 atom stereocenters. The first-order valence-electron chi connectivity index (χ1n) is 17.8. The third kappa shape index (κ3) is 6.92. The molecule has 6 nitrogen and oxygen atoms in total. The molecule has 5 aromatic carbocycles. The monoisotopic (exact) mass is 692 g/mol. The maximum absolute atomic E-state index is 5.10. The van der Waals surface area contributed by atoms with Gasteiger partial charge in [-0.3, -0.25) is 9.97 Å². The van der Waals surface area contributed by atoms with Gasteiger partial charge < -0.3 is 0 Å². The Labute approximate surface area is 313 Å². The highest BCUT2D eigenvalue weighted by Gasteiger charge is 2.16. The van der Waals surface area contributed by atoms with Gasteiger partial charge in [-0.15, -0.1) is 0 Å². The molecule has 4 aromatic heterocycles. The van der Waals surface area contributed by atoms with Crippen LogP contribution in [-0.4, -0.2) is 29.9 Å². The fraction of sp³-hybridized carbons (Fsp3) is 0. The predicted molar refractivity (Wildman–Crippen MR) is 217 cm³/mol. The molecular formula is C48H32N6. The van der Waals surface area contributed by atoms with Crippen molar-refractivity contribution >= 4 is 0 Å². The number of benzene rings is 5. The average Bonchev–Trinajstić information content (AvgIpc) is 3.27. The first-order chi connectivity index (χ1) is 26.7. The molecule has 0 radical (unpaired) electrons. The van der Waals surface area contributed by atoms with Gasteiger partial charge >= 0.3 is 0 Å². The van der Waals surface area contributed by atoms with Crippen molar-refractivity contribution in [3.63, 3.8) is 0 Å². The van der Waals surface area contributed by atoms with Gasteiger partial charge in [-0.05, 0) is 88.0 Å². The number of aromatic nitrogens is 6. The molecule has 6 heteroatoms. The smallest absolute Gasteiger partial charge is 0.165 e. The van der Waals surface area contributed by atoms with E-state index in [-0.39, 0.29) is 0 Å². The lowest BCUT2D eigenvalue weighted by Gasteiger charge is -2.14. The normalized spacial score (nSPS) is 11.0. The zero-order valence-electron chi connectivity index (χ0n) is 29.2. The van der Waals surface area contributed by atoms with Gasteiger partial charge in [0.15, 0.2) is 17.5 Å². The van der Waals surface area contributed by atoms with Crippen molar-refractivity contribution in [3.05, 3.63) is 194 Å².